The molecule has 16 heavy (non-hydrogen) atoms. The van der Waals surface area contributed by atoms with Gasteiger partial charge in [0.05, 0.1) is 6.10 Å². The molecule has 0 aromatic carbocycles. The summed E-state index contributed by atoms with van der Waals surface area (Å²) in [5.41, 5.74) is 6.31. The van der Waals surface area contributed by atoms with Gasteiger partial charge in [0.2, 0.25) is 0 Å². The molecule has 0 amide bonds. The van der Waals surface area contributed by atoms with Crippen LogP contribution >= 0.6 is 0 Å². The van der Waals surface area contributed by atoms with Crippen molar-refractivity contribution in [3.05, 3.63) is 0 Å². The normalized spacial score (nSPS) is 33.8. The third-order valence-electron chi connectivity index (χ3n) is 4.41. The Morgan fingerprint density at radius 2 is 2.00 bits per heavy atom. The highest BCUT2D eigenvalue weighted by molar-refractivity contribution is 4.85. The third kappa shape index (κ3) is 2.76. The fraction of sp³-hybridized carbons (Fsp3) is 1.00. The van der Waals surface area contributed by atoms with Crippen LogP contribution in [0.2, 0.25) is 0 Å². The summed E-state index contributed by atoms with van der Waals surface area (Å²) < 4.78 is 5.61. The summed E-state index contributed by atoms with van der Waals surface area (Å²) in [6, 6.07) is 0.938. The van der Waals surface area contributed by atoms with Crippen molar-refractivity contribution in [2.24, 2.45) is 11.7 Å². The fourth-order valence-electron chi connectivity index (χ4n) is 3.30. The van der Waals surface area contributed by atoms with Gasteiger partial charge in [0, 0.05) is 25.2 Å². The number of hydrogen-bond donors (Lipinski definition) is 1. The number of nitrogens with two attached hydrogens (primary N) is 1. The van der Waals surface area contributed by atoms with Crippen LogP contribution in [0.4, 0.5) is 0 Å². The Bertz CT molecular complexity index is 216. The zero-order valence-electron chi connectivity index (χ0n) is 10.7. The molecule has 94 valence electrons. The molecule has 1 saturated carbocycles. The molecule has 3 unspecified atom stereocenters. The molecule has 0 bridgehead atoms. The van der Waals surface area contributed by atoms with Gasteiger partial charge in [-0.25, -0.2) is 0 Å². The fourth-order valence-corrected chi connectivity index (χ4v) is 3.30. The average Bonchev–Trinajstić information content (AvgIpc) is 2.86. The largest absolute Gasteiger partial charge is 0.377 e. The minimum absolute atomic E-state index is 0.361. The highest BCUT2D eigenvalue weighted by Gasteiger charge is 2.30. The van der Waals surface area contributed by atoms with Gasteiger partial charge in [-0.3, -0.25) is 4.90 Å². The minimum atomic E-state index is 0.361. The molecule has 1 aliphatic carbocycles. The molecule has 0 spiro atoms. The summed E-state index contributed by atoms with van der Waals surface area (Å²) in [6.07, 6.45) is 6.98. The number of likely N-dealkylation sites (N-methyl/N-ethyl adjacent to an activating group) is 1. The van der Waals surface area contributed by atoms with Crippen molar-refractivity contribution in [2.75, 3.05) is 20.2 Å². The predicted molar refractivity (Wildman–Crippen MR) is 66.4 cm³/mol. The van der Waals surface area contributed by atoms with E-state index in [2.05, 4.69) is 18.9 Å². The molecule has 0 radical (unpaired) electrons. The third-order valence-corrected chi connectivity index (χ3v) is 4.41. The van der Waals surface area contributed by atoms with Gasteiger partial charge in [-0.15, -0.1) is 0 Å². The van der Waals surface area contributed by atoms with E-state index in [0.717, 1.165) is 25.5 Å². The van der Waals surface area contributed by atoms with E-state index in [0.29, 0.717) is 18.2 Å². The van der Waals surface area contributed by atoms with Crippen LogP contribution in [0.3, 0.4) is 0 Å². The molecular weight excluding hydrogens is 200 g/mol. The summed E-state index contributed by atoms with van der Waals surface area (Å²) in [7, 11) is 2.20. The molecule has 2 N–H and O–H groups in total. The van der Waals surface area contributed by atoms with Gasteiger partial charge < -0.3 is 10.5 Å². The van der Waals surface area contributed by atoms with Crippen LogP contribution in [-0.2, 0) is 4.74 Å². The van der Waals surface area contributed by atoms with Crippen molar-refractivity contribution in [3.8, 4) is 0 Å². The highest BCUT2D eigenvalue weighted by atomic mass is 16.5. The van der Waals surface area contributed by atoms with E-state index in [-0.39, 0.29) is 0 Å². The van der Waals surface area contributed by atoms with Crippen molar-refractivity contribution >= 4 is 0 Å². The lowest BCUT2D eigenvalue weighted by atomic mass is 9.97. The number of hydrogen-bond acceptors (Lipinski definition) is 3. The number of rotatable bonds is 4. The van der Waals surface area contributed by atoms with Gasteiger partial charge in [0.15, 0.2) is 0 Å². The Balaban J connectivity index is 1.79. The average molecular weight is 226 g/mol. The molecule has 1 aliphatic heterocycles. The quantitative estimate of drug-likeness (QED) is 0.791. The van der Waals surface area contributed by atoms with E-state index in [1.165, 1.54) is 25.7 Å². The van der Waals surface area contributed by atoms with Crippen molar-refractivity contribution in [3.63, 3.8) is 0 Å². The molecule has 2 rings (SSSR count). The van der Waals surface area contributed by atoms with E-state index >= 15 is 0 Å². The first kappa shape index (κ1) is 12.3. The van der Waals surface area contributed by atoms with E-state index < -0.39 is 0 Å². The molecule has 2 aliphatic rings. The lowest BCUT2D eigenvalue weighted by molar-refractivity contribution is 0.0795. The Morgan fingerprint density at radius 3 is 2.56 bits per heavy atom. The van der Waals surface area contributed by atoms with Crippen molar-refractivity contribution in [1.82, 2.24) is 4.90 Å². The topological polar surface area (TPSA) is 38.5 Å². The number of nitrogens with zero attached hydrogens (tertiary/aromatic N) is 1. The van der Waals surface area contributed by atoms with Crippen LogP contribution in [0, 0.1) is 5.92 Å². The second-order valence-electron chi connectivity index (χ2n) is 5.58. The lowest BCUT2D eigenvalue weighted by Gasteiger charge is -2.31. The first-order valence-corrected chi connectivity index (χ1v) is 6.76. The minimum Gasteiger partial charge on any atom is -0.377 e. The summed E-state index contributed by atoms with van der Waals surface area (Å²) in [4.78, 5) is 2.42. The molecule has 3 nitrogen and oxygen atoms in total. The first-order valence-electron chi connectivity index (χ1n) is 6.76. The maximum atomic E-state index is 6.31. The Kier molecular flexibility index (Phi) is 4.22. The Hall–Kier alpha value is -0.120. The van der Waals surface area contributed by atoms with Gasteiger partial charge in [-0.1, -0.05) is 12.8 Å². The van der Waals surface area contributed by atoms with Gasteiger partial charge in [-0.2, -0.15) is 0 Å². The van der Waals surface area contributed by atoms with Crippen LogP contribution < -0.4 is 5.73 Å². The van der Waals surface area contributed by atoms with Crippen molar-refractivity contribution in [1.29, 1.82) is 0 Å². The molecular formula is C13H26N2O. The maximum absolute atomic E-state index is 6.31. The molecule has 0 aromatic heterocycles. The SMILES string of the molecule is CC1OCCC1N(C)CC(N)C1CCCC1. The summed E-state index contributed by atoms with van der Waals surface area (Å²) >= 11 is 0. The molecule has 0 aromatic rings. The Morgan fingerprint density at radius 1 is 1.31 bits per heavy atom. The van der Waals surface area contributed by atoms with Crippen LogP contribution in [0.15, 0.2) is 0 Å². The zero-order valence-corrected chi connectivity index (χ0v) is 10.7. The first-order chi connectivity index (χ1) is 7.68. The number of ether oxygens (including phenoxy) is 1. The second-order valence-corrected chi connectivity index (χ2v) is 5.58. The van der Waals surface area contributed by atoms with E-state index in [1.807, 2.05) is 0 Å². The van der Waals surface area contributed by atoms with E-state index in [9.17, 15) is 0 Å². The van der Waals surface area contributed by atoms with Crippen LogP contribution in [0.1, 0.15) is 39.0 Å². The van der Waals surface area contributed by atoms with E-state index in [4.69, 9.17) is 10.5 Å². The van der Waals surface area contributed by atoms with Gasteiger partial charge in [0.25, 0.3) is 0 Å². The van der Waals surface area contributed by atoms with Crippen molar-refractivity contribution < 1.29 is 4.74 Å². The van der Waals surface area contributed by atoms with Gasteiger partial charge in [-0.05, 0) is 39.2 Å². The predicted octanol–water partition coefficient (Wildman–Crippen LogP) is 1.61. The molecule has 3 heteroatoms. The molecule has 1 heterocycles. The van der Waals surface area contributed by atoms with E-state index in [1.54, 1.807) is 0 Å². The zero-order chi connectivity index (χ0) is 11.5. The smallest absolute Gasteiger partial charge is 0.0702 e. The van der Waals surface area contributed by atoms with Crippen LogP contribution in [0.25, 0.3) is 0 Å². The summed E-state index contributed by atoms with van der Waals surface area (Å²) in [5, 5.41) is 0. The van der Waals surface area contributed by atoms with Gasteiger partial charge in [0.1, 0.15) is 0 Å². The van der Waals surface area contributed by atoms with Crippen molar-refractivity contribution in [2.45, 2.75) is 57.2 Å². The summed E-state index contributed by atoms with van der Waals surface area (Å²) in [6.45, 7) is 4.12. The van der Waals surface area contributed by atoms with Crippen LogP contribution in [0.5, 0.6) is 0 Å². The summed E-state index contributed by atoms with van der Waals surface area (Å²) in [5.74, 6) is 0.764. The molecule has 1 saturated heterocycles. The molecule has 3 atom stereocenters. The molecule has 2 fully saturated rings. The monoisotopic (exact) mass is 226 g/mol. The second kappa shape index (κ2) is 5.48. The maximum Gasteiger partial charge on any atom is 0.0702 e. The standard InChI is InChI=1S/C13H26N2O/c1-10-13(7-8-16-10)15(2)9-12(14)11-5-3-4-6-11/h10-13H,3-9,14H2,1-2H3. The highest BCUT2D eigenvalue weighted by Crippen LogP contribution is 2.28. The van der Waals surface area contributed by atoms with Crippen LogP contribution in [-0.4, -0.2) is 43.3 Å². The Labute approximate surface area is 99.3 Å². The lowest BCUT2D eigenvalue weighted by Crippen LogP contribution is -2.46. The van der Waals surface area contributed by atoms with Gasteiger partial charge >= 0.3 is 0 Å².